The molecule has 0 aliphatic carbocycles. The van der Waals surface area contributed by atoms with Gasteiger partial charge in [-0.25, -0.2) is 0 Å². The number of hydrogen-bond acceptors (Lipinski definition) is 6. The molecule has 5 rings (SSSR count). The Morgan fingerprint density at radius 3 is 2.22 bits per heavy atom. The smallest absolute Gasteiger partial charge is 0.272 e. The minimum absolute atomic E-state index is 0.0168. The standard InChI is InChI=1S/C39H34ClN3O5S/c1-25-17-18-29(40)23-33(25)42-39(46)36(26-11-6-4-7-12-26)49-32-16-10-15-30(24-32)41-38(45)34(43-37(44)27-13-8-5-9-14-27)22-28-21-31(47-2)19-20-35(28)48-3/h4-24,36H,1-3H3,(H,41,45)(H,42,46)(H,43,44)/b34-22+. The van der Waals surface area contributed by atoms with Gasteiger partial charge in [-0.05, 0) is 84.8 Å². The van der Waals surface area contributed by atoms with Gasteiger partial charge in [0.1, 0.15) is 22.4 Å². The number of amides is 3. The van der Waals surface area contributed by atoms with E-state index in [1.807, 2.05) is 49.4 Å². The van der Waals surface area contributed by atoms with E-state index >= 15 is 0 Å². The van der Waals surface area contributed by atoms with Crippen molar-refractivity contribution in [3.05, 3.63) is 154 Å². The molecule has 3 amide bonds. The summed E-state index contributed by atoms with van der Waals surface area (Å²) in [7, 11) is 3.05. The molecular weight excluding hydrogens is 658 g/mol. The van der Waals surface area contributed by atoms with Gasteiger partial charge in [-0.15, -0.1) is 11.8 Å². The van der Waals surface area contributed by atoms with Crippen molar-refractivity contribution in [3.8, 4) is 11.5 Å². The molecule has 0 bridgehead atoms. The van der Waals surface area contributed by atoms with Gasteiger partial charge in [-0.2, -0.15) is 0 Å². The maximum atomic E-state index is 13.8. The second kappa shape index (κ2) is 16.5. The molecule has 0 aliphatic rings. The molecule has 49 heavy (non-hydrogen) atoms. The fraction of sp³-hybridized carbons (Fsp3) is 0.103. The molecular formula is C39H34ClN3O5S. The highest BCUT2D eigenvalue weighted by molar-refractivity contribution is 8.00. The van der Waals surface area contributed by atoms with Crippen molar-refractivity contribution >= 4 is 58.5 Å². The van der Waals surface area contributed by atoms with E-state index in [-0.39, 0.29) is 11.6 Å². The normalized spacial score (nSPS) is 11.6. The lowest BCUT2D eigenvalue weighted by Gasteiger charge is -2.19. The molecule has 5 aromatic carbocycles. The minimum atomic E-state index is -0.619. The molecule has 0 saturated carbocycles. The second-order valence-corrected chi connectivity index (χ2v) is 12.4. The fourth-order valence-electron chi connectivity index (χ4n) is 4.86. The van der Waals surface area contributed by atoms with E-state index in [9.17, 15) is 14.4 Å². The number of aryl methyl sites for hydroxylation is 1. The summed E-state index contributed by atoms with van der Waals surface area (Å²) in [5.74, 6) is -0.216. The number of halogens is 1. The predicted molar refractivity (Wildman–Crippen MR) is 196 cm³/mol. The minimum Gasteiger partial charge on any atom is -0.497 e. The highest BCUT2D eigenvalue weighted by Gasteiger charge is 2.23. The van der Waals surface area contributed by atoms with Crippen molar-refractivity contribution in [1.82, 2.24) is 5.32 Å². The summed E-state index contributed by atoms with van der Waals surface area (Å²) in [6.45, 7) is 1.90. The van der Waals surface area contributed by atoms with Gasteiger partial charge in [0.15, 0.2) is 0 Å². The molecule has 0 fully saturated rings. The summed E-state index contributed by atoms with van der Waals surface area (Å²) in [6, 6.07) is 35.7. The summed E-state index contributed by atoms with van der Waals surface area (Å²) < 4.78 is 10.9. The number of carbonyl (C=O) groups is 3. The van der Waals surface area contributed by atoms with E-state index in [0.717, 1.165) is 16.0 Å². The number of anilines is 2. The van der Waals surface area contributed by atoms with Crippen molar-refractivity contribution in [2.45, 2.75) is 17.1 Å². The molecule has 0 aromatic heterocycles. The van der Waals surface area contributed by atoms with Crippen LogP contribution in [0.1, 0.15) is 32.3 Å². The van der Waals surface area contributed by atoms with Crippen LogP contribution in [0.15, 0.2) is 132 Å². The second-order valence-electron chi connectivity index (χ2n) is 10.8. The van der Waals surface area contributed by atoms with Crippen LogP contribution >= 0.6 is 23.4 Å². The summed E-state index contributed by atoms with van der Waals surface area (Å²) in [5.41, 5.74) is 3.67. The monoisotopic (exact) mass is 691 g/mol. The highest BCUT2D eigenvalue weighted by Crippen LogP contribution is 2.38. The lowest BCUT2D eigenvalue weighted by Crippen LogP contribution is -2.30. The zero-order valence-corrected chi connectivity index (χ0v) is 28.6. The van der Waals surface area contributed by atoms with E-state index < -0.39 is 17.1 Å². The third-order valence-corrected chi connectivity index (χ3v) is 8.89. The van der Waals surface area contributed by atoms with Crippen LogP contribution in [0.4, 0.5) is 11.4 Å². The predicted octanol–water partition coefficient (Wildman–Crippen LogP) is 8.55. The molecule has 1 atom stereocenters. The van der Waals surface area contributed by atoms with Crippen LogP contribution in [0.5, 0.6) is 11.5 Å². The SMILES string of the molecule is COc1ccc(OC)c(/C=C(/NC(=O)c2ccccc2)C(=O)Nc2cccc(SC(C(=O)Nc3cc(Cl)ccc3C)c3ccccc3)c2)c1. The van der Waals surface area contributed by atoms with E-state index in [1.165, 1.54) is 32.1 Å². The molecule has 0 aliphatic heterocycles. The van der Waals surface area contributed by atoms with Gasteiger partial charge in [-0.3, -0.25) is 14.4 Å². The van der Waals surface area contributed by atoms with Crippen LogP contribution in [0.3, 0.4) is 0 Å². The van der Waals surface area contributed by atoms with Gasteiger partial charge in [-0.1, -0.05) is 72.3 Å². The highest BCUT2D eigenvalue weighted by atomic mass is 35.5. The molecule has 10 heteroatoms. The molecule has 3 N–H and O–H groups in total. The number of methoxy groups -OCH3 is 2. The average molecular weight is 692 g/mol. The molecule has 0 saturated heterocycles. The third-order valence-electron chi connectivity index (χ3n) is 7.41. The van der Waals surface area contributed by atoms with Gasteiger partial charge >= 0.3 is 0 Å². The Balaban J connectivity index is 1.42. The van der Waals surface area contributed by atoms with Gasteiger partial charge in [0, 0.05) is 32.4 Å². The first-order valence-electron chi connectivity index (χ1n) is 15.2. The average Bonchev–Trinajstić information content (AvgIpc) is 3.12. The molecule has 248 valence electrons. The molecule has 0 radical (unpaired) electrons. The molecule has 1 unspecified atom stereocenters. The van der Waals surface area contributed by atoms with Gasteiger partial charge < -0.3 is 25.4 Å². The fourth-order valence-corrected chi connectivity index (χ4v) is 6.12. The Morgan fingerprint density at radius 2 is 1.51 bits per heavy atom. The van der Waals surface area contributed by atoms with Crippen LogP contribution in [0.2, 0.25) is 5.02 Å². The Bertz CT molecular complexity index is 1990. The largest absolute Gasteiger partial charge is 0.497 e. The molecule has 8 nitrogen and oxygen atoms in total. The number of rotatable bonds is 12. The zero-order valence-electron chi connectivity index (χ0n) is 27.0. The van der Waals surface area contributed by atoms with E-state index in [2.05, 4.69) is 16.0 Å². The Kier molecular flexibility index (Phi) is 11.8. The summed E-state index contributed by atoms with van der Waals surface area (Å²) in [5, 5.41) is 8.57. The summed E-state index contributed by atoms with van der Waals surface area (Å²) >= 11 is 7.55. The van der Waals surface area contributed by atoms with Crippen molar-refractivity contribution in [1.29, 1.82) is 0 Å². The number of nitrogens with one attached hydrogen (secondary N) is 3. The van der Waals surface area contributed by atoms with E-state index in [0.29, 0.717) is 39.0 Å². The summed E-state index contributed by atoms with van der Waals surface area (Å²) in [4.78, 5) is 41.5. The molecule has 0 spiro atoms. The van der Waals surface area contributed by atoms with Crippen LogP contribution in [0, 0.1) is 6.92 Å². The van der Waals surface area contributed by atoms with Crippen LogP contribution in [0.25, 0.3) is 6.08 Å². The number of carbonyl (C=O) groups excluding carboxylic acids is 3. The summed E-state index contributed by atoms with van der Waals surface area (Å²) in [6.07, 6.45) is 1.53. The number of benzene rings is 5. The molecule has 5 aromatic rings. The Morgan fingerprint density at radius 1 is 0.776 bits per heavy atom. The maximum Gasteiger partial charge on any atom is 0.272 e. The number of thioether (sulfide) groups is 1. The van der Waals surface area contributed by atoms with E-state index in [4.69, 9.17) is 21.1 Å². The topological polar surface area (TPSA) is 106 Å². The Hall–Kier alpha value is -5.51. The van der Waals surface area contributed by atoms with Gasteiger partial charge in [0.2, 0.25) is 5.91 Å². The zero-order chi connectivity index (χ0) is 34.8. The van der Waals surface area contributed by atoms with Gasteiger partial charge in [0.25, 0.3) is 11.8 Å². The first kappa shape index (κ1) is 34.8. The van der Waals surface area contributed by atoms with Crippen molar-refractivity contribution in [2.24, 2.45) is 0 Å². The van der Waals surface area contributed by atoms with Crippen LogP contribution in [-0.4, -0.2) is 31.9 Å². The van der Waals surface area contributed by atoms with Crippen molar-refractivity contribution < 1.29 is 23.9 Å². The lowest BCUT2D eigenvalue weighted by molar-refractivity contribution is -0.116. The number of ether oxygens (including phenoxy) is 2. The Labute approximate surface area is 294 Å². The quantitative estimate of drug-likeness (QED) is 0.0895. The van der Waals surface area contributed by atoms with Crippen molar-refractivity contribution in [3.63, 3.8) is 0 Å². The van der Waals surface area contributed by atoms with E-state index in [1.54, 1.807) is 78.9 Å². The molecule has 0 heterocycles. The van der Waals surface area contributed by atoms with Crippen molar-refractivity contribution in [2.75, 3.05) is 24.9 Å². The number of hydrogen-bond donors (Lipinski definition) is 3. The first-order chi connectivity index (χ1) is 23.7. The van der Waals surface area contributed by atoms with Gasteiger partial charge in [0.05, 0.1) is 14.2 Å². The van der Waals surface area contributed by atoms with Crippen LogP contribution in [-0.2, 0) is 9.59 Å². The maximum absolute atomic E-state index is 13.8. The van der Waals surface area contributed by atoms with Crippen LogP contribution < -0.4 is 25.4 Å². The first-order valence-corrected chi connectivity index (χ1v) is 16.5. The third kappa shape index (κ3) is 9.31. The lowest BCUT2D eigenvalue weighted by atomic mass is 10.1.